The lowest BCUT2D eigenvalue weighted by molar-refractivity contribution is -0.105. The highest BCUT2D eigenvalue weighted by Crippen LogP contribution is 2.57. The predicted molar refractivity (Wildman–Crippen MR) is 145 cm³/mol. The van der Waals surface area contributed by atoms with Gasteiger partial charge in [-0.05, 0) is 78.1 Å². The second kappa shape index (κ2) is 9.95. The van der Waals surface area contributed by atoms with Crippen LogP contribution in [-0.2, 0) is 4.79 Å². The van der Waals surface area contributed by atoms with Crippen molar-refractivity contribution in [2.24, 2.45) is 0 Å². The molecule has 0 spiro atoms. The van der Waals surface area contributed by atoms with Crippen molar-refractivity contribution in [3.8, 4) is 11.5 Å². The van der Waals surface area contributed by atoms with Gasteiger partial charge in [-0.25, -0.2) is 9.29 Å². The fraction of sp³-hybridized carbons (Fsp3) is 0.296. The number of amides is 1. The third-order valence-corrected chi connectivity index (χ3v) is 8.07. The lowest BCUT2D eigenvalue weighted by Gasteiger charge is -2.29. The van der Waals surface area contributed by atoms with Crippen LogP contribution >= 0.6 is 11.9 Å². The van der Waals surface area contributed by atoms with Crippen LogP contribution in [0.5, 0.6) is 11.5 Å². The lowest BCUT2D eigenvalue weighted by atomic mass is 10.0. The van der Waals surface area contributed by atoms with E-state index in [-0.39, 0.29) is 0 Å². The van der Waals surface area contributed by atoms with Gasteiger partial charge in [-0.15, -0.1) is 0 Å². The molecule has 2 unspecified atom stereocenters. The molecular weight excluding hydrogens is 488 g/mol. The molecular formula is C27H28N6O3S. The van der Waals surface area contributed by atoms with Crippen LogP contribution in [0.4, 0.5) is 17.3 Å². The zero-order valence-electron chi connectivity index (χ0n) is 20.7. The van der Waals surface area contributed by atoms with Crippen LogP contribution < -0.4 is 20.1 Å². The van der Waals surface area contributed by atoms with Crippen molar-refractivity contribution < 1.29 is 14.3 Å². The van der Waals surface area contributed by atoms with Gasteiger partial charge in [-0.3, -0.25) is 9.89 Å². The Morgan fingerprint density at radius 2 is 1.97 bits per heavy atom. The molecule has 9 nitrogen and oxygen atoms in total. The number of nitrogens with one attached hydrogen (secondary N) is 3. The van der Waals surface area contributed by atoms with Gasteiger partial charge in [-0.2, -0.15) is 5.10 Å². The van der Waals surface area contributed by atoms with Crippen molar-refractivity contribution in [3.63, 3.8) is 0 Å². The first-order chi connectivity index (χ1) is 18.2. The van der Waals surface area contributed by atoms with Gasteiger partial charge in [0.15, 0.2) is 17.4 Å². The number of benzene rings is 2. The third-order valence-electron chi connectivity index (χ3n) is 7.01. The van der Waals surface area contributed by atoms with E-state index in [1.807, 2.05) is 30.5 Å². The molecule has 2 aliphatic rings. The third kappa shape index (κ3) is 4.70. The number of carbonyl (C=O) groups is 1. The van der Waals surface area contributed by atoms with Crippen LogP contribution in [0.3, 0.4) is 0 Å². The summed E-state index contributed by atoms with van der Waals surface area (Å²) in [6.07, 6.45) is 4.83. The summed E-state index contributed by atoms with van der Waals surface area (Å²) in [4.78, 5) is 16.8. The second-order valence-corrected chi connectivity index (χ2v) is 10.4. The number of aromatic amines is 1. The second-order valence-electron chi connectivity index (χ2n) is 9.26. The molecule has 190 valence electrons. The van der Waals surface area contributed by atoms with Crippen molar-refractivity contribution in [3.05, 3.63) is 59.8 Å². The van der Waals surface area contributed by atoms with E-state index in [0.717, 1.165) is 58.7 Å². The largest absolute Gasteiger partial charge is 0.497 e. The van der Waals surface area contributed by atoms with Gasteiger partial charge in [0.25, 0.3) is 0 Å². The summed E-state index contributed by atoms with van der Waals surface area (Å²) in [7, 11) is 3.31. The van der Waals surface area contributed by atoms with Crippen molar-refractivity contribution in [1.82, 2.24) is 19.5 Å². The highest BCUT2D eigenvalue weighted by atomic mass is 32.2. The van der Waals surface area contributed by atoms with E-state index < -0.39 is 0 Å². The number of hydrogen-bond acceptors (Lipinski definition) is 8. The van der Waals surface area contributed by atoms with Crippen molar-refractivity contribution in [2.45, 2.75) is 29.6 Å². The molecule has 10 heteroatoms. The number of aromatic nitrogens is 3. The number of rotatable bonds is 10. The molecule has 4 aromatic rings. The van der Waals surface area contributed by atoms with Crippen LogP contribution in [0.25, 0.3) is 10.9 Å². The van der Waals surface area contributed by atoms with E-state index in [1.165, 1.54) is 12.0 Å². The first kappa shape index (κ1) is 23.6. The number of hydrogen-bond donors (Lipinski definition) is 3. The van der Waals surface area contributed by atoms with E-state index >= 15 is 0 Å². The Morgan fingerprint density at radius 3 is 2.73 bits per heavy atom. The highest BCUT2D eigenvalue weighted by molar-refractivity contribution is 7.97. The van der Waals surface area contributed by atoms with Crippen LogP contribution in [0.1, 0.15) is 35.8 Å². The normalized spacial score (nSPS) is 18.8. The molecule has 1 saturated heterocycles. The van der Waals surface area contributed by atoms with Gasteiger partial charge in [0, 0.05) is 41.3 Å². The van der Waals surface area contributed by atoms with Crippen LogP contribution in [-0.4, -0.2) is 53.2 Å². The van der Waals surface area contributed by atoms with Gasteiger partial charge in [0.2, 0.25) is 6.41 Å². The maximum Gasteiger partial charge on any atom is 0.211 e. The number of fused-ring (bicyclic) bond motifs is 1. The van der Waals surface area contributed by atoms with Crippen LogP contribution in [0.2, 0.25) is 0 Å². The van der Waals surface area contributed by atoms with Crippen molar-refractivity contribution in [2.75, 3.05) is 37.9 Å². The SMILES string of the molecule is COc1ccc(NC=O)c(C2CC2c2ccc3c(Nc4ncc(SN5CCC5)cc4OC)n[nH]c3c2)c1. The molecule has 2 atom stereocenters. The Labute approximate surface area is 219 Å². The molecule has 0 bridgehead atoms. The number of pyridine rings is 1. The first-order valence-electron chi connectivity index (χ1n) is 12.3. The number of methoxy groups -OCH3 is 2. The number of ether oxygens (including phenoxy) is 2. The molecule has 1 aliphatic heterocycles. The van der Waals surface area contributed by atoms with Gasteiger partial charge in [0.05, 0.1) is 19.7 Å². The van der Waals surface area contributed by atoms with Gasteiger partial charge >= 0.3 is 0 Å². The maximum absolute atomic E-state index is 11.1. The quantitative estimate of drug-likeness (QED) is 0.193. The average molecular weight is 517 g/mol. The molecule has 3 N–H and O–H groups in total. The summed E-state index contributed by atoms with van der Waals surface area (Å²) < 4.78 is 13.3. The molecule has 37 heavy (non-hydrogen) atoms. The summed E-state index contributed by atoms with van der Waals surface area (Å²) in [5, 5.41) is 14.8. The minimum absolute atomic E-state index is 0.316. The molecule has 2 aromatic carbocycles. The van der Waals surface area contributed by atoms with E-state index in [0.29, 0.717) is 29.2 Å². The number of anilines is 3. The smallest absolute Gasteiger partial charge is 0.211 e. The number of carbonyl (C=O) groups excluding carboxylic acids is 1. The van der Waals surface area contributed by atoms with Crippen molar-refractivity contribution in [1.29, 1.82) is 0 Å². The Hall–Kier alpha value is -3.76. The number of H-pyrrole nitrogens is 1. The summed E-state index contributed by atoms with van der Waals surface area (Å²) in [5.74, 6) is 3.47. The maximum atomic E-state index is 11.1. The molecule has 6 rings (SSSR count). The fourth-order valence-electron chi connectivity index (χ4n) is 4.81. The molecule has 1 aliphatic carbocycles. The van der Waals surface area contributed by atoms with Gasteiger partial charge < -0.3 is 20.1 Å². The summed E-state index contributed by atoms with van der Waals surface area (Å²) in [6, 6.07) is 14.2. The standard InChI is InChI=1S/C27H28N6O3S/c1-35-17-5-7-23(29-15-34)22(11-17)21-13-20(21)16-4-6-19-24(10-16)31-32-26(19)30-27-25(36-2)12-18(14-28-27)37-33-8-3-9-33/h4-7,10-12,14-15,20-21H,3,8-9,13H2,1-2H3,(H,29,34)(H2,28,30,31,32). The van der Waals surface area contributed by atoms with E-state index in [2.05, 4.69) is 48.3 Å². The lowest BCUT2D eigenvalue weighted by Crippen LogP contribution is -2.30. The Kier molecular flexibility index (Phi) is 6.35. The minimum Gasteiger partial charge on any atom is -0.497 e. The summed E-state index contributed by atoms with van der Waals surface area (Å²) in [5.41, 5.74) is 4.10. The Balaban J connectivity index is 1.21. The van der Waals surface area contributed by atoms with E-state index in [9.17, 15) is 4.79 Å². The average Bonchev–Trinajstić information content (AvgIpc) is 3.61. The summed E-state index contributed by atoms with van der Waals surface area (Å²) in [6.45, 7) is 2.21. The molecule has 2 aromatic heterocycles. The Morgan fingerprint density at radius 1 is 1.08 bits per heavy atom. The van der Waals surface area contributed by atoms with Crippen LogP contribution in [0.15, 0.2) is 53.6 Å². The van der Waals surface area contributed by atoms with Gasteiger partial charge in [-0.1, -0.05) is 6.07 Å². The fourth-order valence-corrected chi connectivity index (χ4v) is 5.80. The molecule has 3 heterocycles. The first-order valence-corrected chi connectivity index (χ1v) is 13.0. The molecule has 2 fully saturated rings. The molecule has 1 amide bonds. The topological polar surface area (TPSA) is 104 Å². The predicted octanol–water partition coefficient (Wildman–Crippen LogP) is 5.27. The van der Waals surface area contributed by atoms with Crippen molar-refractivity contribution >= 4 is 46.6 Å². The van der Waals surface area contributed by atoms with Crippen LogP contribution in [0, 0.1) is 0 Å². The Bertz CT molecular complexity index is 1450. The molecule has 0 radical (unpaired) electrons. The van der Waals surface area contributed by atoms with E-state index in [1.54, 1.807) is 26.2 Å². The van der Waals surface area contributed by atoms with Gasteiger partial charge in [0.1, 0.15) is 5.75 Å². The van der Waals surface area contributed by atoms with E-state index in [4.69, 9.17) is 9.47 Å². The highest BCUT2D eigenvalue weighted by Gasteiger charge is 2.41. The summed E-state index contributed by atoms with van der Waals surface area (Å²) >= 11 is 1.71. The zero-order chi connectivity index (χ0) is 25.4. The molecule has 1 saturated carbocycles. The monoisotopic (exact) mass is 516 g/mol. The zero-order valence-corrected chi connectivity index (χ0v) is 21.5. The minimum atomic E-state index is 0.316. The number of nitrogens with zero attached hydrogens (tertiary/aromatic N) is 3.